The first-order valence-corrected chi connectivity index (χ1v) is 13.7. The number of alkyl halides is 7. The Hall–Kier alpha value is -2.50. The monoisotopic (exact) mass is 622 g/mol. The van der Waals surface area contributed by atoms with Crippen molar-refractivity contribution in [2.24, 2.45) is 15.9 Å². The van der Waals surface area contributed by atoms with E-state index in [1.54, 1.807) is 4.90 Å². The van der Waals surface area contributed by atoms with Crippen LogP contribution in [0.5, 0.6) is 0 Å². The average molecular weight is 623 g/mol. The van der Waals surface area contributed by atoms with Gasteiger partial charge in [0.15, 0.2) is 0 Å². The zero-order valence-corrected chi connectivity index (χ0v) is 22.3. The van der Waals surface area contributed by atoms with Crippen molar-refractivity contribution in [3.05, 3.63) is 34.3 Å². The number of nitrogens with one attached hydrogen (secondary N) is 1. The van der Waals surface area contributed by atoms with Crippen LogP contribution in [-0.2, 0) is 16.2 Å². The first kappa shape index (κ1) is 32.0. The Kier molecular flexibility index (Phi) is 9.74. The molecule has 1 saturated heterocycles. The van der Waals surface area contributed by atoms with Crippen molar-refractivity contribution in [1.29, 1.82) is 0 Å². The minimum atomic E-state index is -4.67. The summed E-state index contributed by atoms with van der Waals surface area (Å²) in [5, 5.41) is 4.30. The van der Waals surface area contributed by atoms with E-state index in [0.717, 1.165) is 10.4 Å². The summed E-state index contributed by atoms with van der Waals surface area (Å²) in [6.07, 6.45) is -5.46. The molecule has 1 amide bonds. The van der Waals surface area contributed by atoms with E-state index in [9.17, 15) is 43.9 Å². The lowest BCUT2D eigenvalue weighted by molar-refractivity contribution is -0.137. The fraction of sp³-hybridized carbons (Fsp3) is 0.591. The van der Waals surface area contributed by atoms with Crippen molar-refractivity contribution in [2.45, 2.75) is 49.9 Å². The average Bonchev–Trinajstić information content (AvgIpc) is 2.87. The van der Waals surface area contributed by atoms with E-state index in [4.69, 9.17) is 17.4 Å². The largest absolute Gasteiger partial charge is 0.416 e. The van der Waals surface area contributed by atoms with Crippen LogP contribution in [-0.4, -0.2) is 85.5 Å². The van der Waals surface area contributed by atoms with E-state index < -0.39 is 68.6 Å². The van der Waals surface area contributed by atoms with Crippen molar-refractivity contribution in [3.63, 3.8) is 0 Å². The van der Waals surface area contributed by atoms with Crippen LogP contribution in [0.2, 0.25) is 5.02 Å². The molecule has 0 atom stereocenters. The van der Waals surface area contributed by atoms with Crippen LogP contribution < -0.4 is 11.2 Å². The van der Waals surface area contributed by atoms with Crippen LogP contribution >= 0.6 is 11.6 Å². The zero-order chi connectivity index (χ0) is 29.9. The van der Waals surface area contributed by atoms with Gasteiger partial charge in [0.1, 0.15) is 0 Å². The second-order valence-electron chi connectivity index (χ2n) is 9.37. The van der Waals surface area contributed by atoms with Crippen molar-refractivity contribution in [2.75, 3.05) is 32.7 Å². The number of sulfonamides is 1. The van der Waals surface area contributed by atoms with Crippen molar-refractivity contribution >= 4 is 38.8 Å². The number of nitrogens with two attached hydrogens (primary N) is 1. The maximum absolute atomic E-state index is 14.0. The highest BCUT2D eigenvalue weighted by atomic mass is 35.5. The van der Waals surface area contributed by atoms with E-state index >= 15 is 0 Å². The Morgan fingerprint density at radius 1 is 1.12 bits per heavy atom. The SMILES string of the molecule is N/N=C(/C=NC(F)F)S(=O)(=O)N1CCN(C2(CNC(=O)c3ccc(C(F)(F)F)cc3Cl)CCC(F)(F)CC2)CC1. The van der Waals surface area contributed by atoms with Gasteiger partial charge in [-0.05, 0) is 31.0 Å². The highest BCUT2D eigenvalue weighted by Gasteiger charge is 2.48. The van der Waals surface area contributed by atoms with Crippen molar-refractivity contribution < 1.29 is 43.9 Å². The van der Waals surface area contributed by atoms with Crippen LogP contribution in [0.4, 0.5) is 30.7 Å². The number of aliphatic imine (C=N–C) groups is 1. The van der Waals surface area contributed by atoms with Gasteiger partial charge in [0, 0.05) is 51.1 Å². The lowest BCUT2D eigenvalue weighted by Gasteiger charge is -2.50. The molecule has 3 N–H and O–H groups in total. The van der Waals surface area contributed by atoms with Gasteiger partial charge in [-0.2, -0.15) is 31.4 Å². The molecule has 9 nitrogen and oxygen atoms in total. The number of piperazine rings is 1. The van der Waals surface area contributed by atoms with Gasteiger partial charge in [-0.25, -0.2) is 22.2 Å². The molecule has 1 aromatic carbocycles. The molecule has 2 fully saturated rings. The van der Waals surface area contributed by atoms with Gasteiger partial charge in [0.25, 0.3) is 15.9 Å². The van der Waals surface area contributed by atoms with E-state index in [1.165, 1.54) is 0 Å². The lowest BCUT2D eigenvalue weighted by Crippen LogP contribution is -2.63. The van der Waals surface area contributed by atoms with Gasteiger partial charge < -0.3 is 11.2 Å². The summed E-state index contributed by atoms with van der Waals surface area (Å²) in [5.41, 5.74) is -2.30. The van der Waals surface area contributed by atoms with Crippen LogP contribution in [0.1, 0.15) is 41.6 Å². The maximum atomic E-state index is 14.0. The van der Waals surface area contributed by atoms with E-state index in [2.05, 4.69) is 15.4 Å². The molecule has 1 aliphatic heterocycles. The quantitative estimate of drug-likeness (QED) is 0.120. The van der Waals surface area contributed by atoms with Crippen LogP contribution in [0.3, 0.4) is 0 Å². The number of amides is 1. The number of carbonyl (C=O) groups is 1. The number of benzene rings is 1. The fourth-order valence-electron chi connectivity index (χ4n) is 4.72. The van der Waals surface area contributed by atoms with E-state index in [0.29, 0.717) is 18.3 Å². The standard InChI is InChI=1S/C22H26ClF7N6O3S/c23-16-11-14(22(28,29)30)1-2-15(16)18(37)33-13-20(3-5-21(26,27)6-4-20)35-7-9-36(10-8-35)40(38,39)17(34-31)12-32-19(24)25/h1-2,11-12,19H,3-10,13,31H2,(H,33,37)/b32-12?,34-17-. The Balaban J connectivity index is 1.75. The number of hydrazone groups is 1. The highest BCUT2D eigenvalue weighted by Crippen LogP contribution is 2.42. The topological polar surface area (TPSA) is 120 Å². The minimum absolute atomic E-state index is 0.0333. The molecule has 0 bridgehead atoms. The third-order valence-corrected chi connectivity index (χ3v) is 9.07. The molecule has 2 aliphatic rings. The Morgan fingerprint density at radius 2 is 1.73 bits per heavy atom. The summed E-state index contributed by atoms with van der Waals surface area (Å²) >= 11 is 5.91. The summed E-state index contributed by atoms with van der Waals surface area (Å²) in [5.74, 6) is 1.31. The third-order valence-electron chi connectivity index (χ3n) is 6.97. The second-order valence-corrected chi connectivity index (χ2v) is 11.7. The molecule has 40 heavy (non-hydrogen) atoms. The fourth-order valence-corrected chi connectivity index (χ4v) is 6.23. The molecule has 0 aromatic heterocycles. The van der Waals surface area contributed by atoms with E-state index in [-0.39, 0.29) is 51.1 Å². The van der Waals surface area contributed by atoms with E-state index in [1.807, 2.05) is 0 Å². The summed E-state index contributed by atoms with van der Waals surface area (Å²) in [4.78, 5) is 17.3. The molecule has 1 aromatic rings. The lowest BCUT2D eigenvalue weighted by atomic mass is 9.78. The number of carbonyl (C=O) groups excluding carboxylic acids is 1. The number of halogens is 8. The molecule has 1 aliphatic carbocycles. The number of nitrogens with zero attached hydrogens (tertiary/aromatic N) is 4. The number of rotatable bonds is 7. The molecule has 18 heteroatoms. The van der Waals surface area contributed by atoms with Gasteiger partial charge in [0.05, 0.1) is 22.4 Å². The molecule has 3 rings (SSSR count). The Morgan fingerprint density at radius 3 is 2.23 bits per heavy atom. The molecular formula is C22H26ClF7N6O3S. The van der Waals surface area contributed by atoms with Crippen LogP contribution in [0.25, 0.3) is 0 Å². The van der Waals surface area contributed by atoms with Crippen molar-refractivity contribution in [1.82, 2.24) is 14.5 Å². The van der Waals surface area contributed by atoms with Gasteiger partial charge in [0.2, 0.25) is 11.0 Å². The first-order chi connectivity index (χ1) is 18.5. The summed E-state index contributed by atoms with van der Waals surface area (Å²) in [6.45, 7) is -3.61. The first-order valence-electron chi connectivity index (χ1n) is 11.9. The minimum Gasteiger partial charge on any atom is -0.350 e. The number of hydrogen-bond acceptors (Lipinski definition) is 7. The summed E-state index contributed by atoms with van der Waals surface area (Å²) in [7, 11) is -4.38. The molecule has 1 saturated carbocycles. The summed E-state index contributed by atoms with van der Waals surface area (Å²) < 4.78 is 118. The van der Waals surface area contributed by atoms with Crippen LogP contribution in [0, 0.1) is 0 Å². The molecule has 0 unspecified atom stereocenters. The predicted molar refractivity (Wildman–Crippen MR) is 133 cm³/mol. The predicted octanol–water partition coefficient (Wildman–Crippen LogP) is 3.55. The highest BCUT2D eigenvalue weighted by molar-refractivity contribution is 8.06. The van der Waals surface area contributed by atoms with Crippen molar-refractivity contribution in [3.8, 4) is 0 Å². The third kappa shape index (κ3) is 7.41. The smallest absolute Gasteiger partial charge is 0.350 e. The molecular weight excluding hydrogens is 597 g/mol. The second kappa shape index (κ2) is 12.2. The Labute approximate surface area is 230 Å². The zero-order valence-electron chi connectivity index (χ0n) is 20.8. The molecule has 0 radical (unpaired) electrons. The number of hydrogen-bond donors (Lipinski definition) is 2. The molecule has 0 spiro atoms. The summed E-state index contributed by atoms with van der Waals surface area (Å²) in [6, 6.07) is 2.22. The maximum Gasteiger partial charge on any atom is 0.416 e. The molecule has 1 heterocycles. The van der Waals surface area contributed by atoms with Gasteiger partial charge in [-0.1, -0.05) is 11.6 Å². The van der Waals surface area contributed by atoms with Gasteiger partial charge >= 0.3 is 12.7 Å². The van der Waals surface area contributed by atoms with Gasteiger partial charge in [-0.3, -0.25) is 9.69 Å². The Bertz CT molecular complexity index is 1240. The normalized spacial score (nSPS) is 21.2. The molecule has 224 valence electrons. The van der Waals surface area contributed by atoms with Gasteiger partial charge in [-0.15, -0.1) is 0 Å². The van der Waals surface area contributed by atoms with Crippen LogP contribution in [0.15, 0.2) is 28.3 Å².